The van der Waals surface area contributed by atoms with Crippen molar-refractivity contribution in [3.63, 3.8) is 0 Å². The van der Waals surface area contributed by atoms with Crippen molar-refractivity contribution in [1.82, 2.24) is 15.5 Å². The molecule has 7 heteroatoms. The number of carbonyl (C=O) groups excluding carboxylic acids is 2. The average molecular weight is 426 g/mol. The first kappa shape index (κ1) is 20.9. The molecule has 0 radical (unpaired) electrons. The summed E-state index contributed by atoms with van der Waals surface area (Å²) in [6, 6.07) is 7.43. The van der Waals surface area contributed by atoms with Crippen LogP contribution in [0.1, 0.15) is 30.6 Å². The minimum Gasteiger partial charge on any atom is -0.379 e. The maximum atomic E-state index is 12.1. The quantitative estimate of drug-likeness (QED) is 0.668. The van der Waals surface area contributed by atoms with Crippen LogP contribution < -0.4 is 10.6 Å². The van der Waals surface area contributed by atoms with E-state index in [1.165, 1.54) is 0 Å². The summed E-state index contributed by atoms with van der Waals surface area (Å²) < 4.78 is 6.33. The van der Waals surface area contributed by atoms with Gasteiger partial charge in [0.25, 0.3) is 5.91 Å². The third-order valence-electron chi connectivity index (χ3n) is 4.54. The SMILES string of the molecule is CC(C)[C@H](CNC(=O)CCNC(=O)c1ccc(Br)cc1)N1CCOCC1. The van der Waals surface area contributed by atoms with Gasteiger partial charge in [-0.1, -0.05) is 29.8 Å². The van der Waals surface area contributed by atoms with Gasteiger partial charge in [0.15, 0.2) is 0 Å². The van der Waals surface area contributed by atoms with Crippen LogP contribution in [-0.2, 0) is 9.53 Å². The Morgan fingerprint density at radius 3 is 2.42 bits per heavy atom. The highest BCUT2D eigenvalue weighted by Gasteiger charge is 2.24. The molecule has 2 N–H and O–H groups in total. The van der Waals surface area contributed by atoms with Crippen LogP contribution >= 0.6 is 15.9 Å². The molecule has 0 spiro atoms. The molecule has 1 saturated heterocycles. The van der Waals surface area contributed by atoms with Gasteiger partial charge in [-0.25, -0.2) is 0 Å². The van der Waals surface area contributed by atoms with Crippen molar-refractivity contribution in [3.8, 4) is 0 Å². The lowest BCUT2D eigenvalue weighted by Gasteiger charge is -2.36. The molecule has 2 amide bonds. The van der Waals surface area contributed by atoms with E-state index in [0.29, 0.717) is 30.6 Å². The van der Waals surface area contributed by atoms with Crippen LogP contribution in [0.4, 0.5) is 0 Å². The summed E-state index contributed by atoms with van der Waals surface area (Å²) in [5, 5.41) is 5.78. The maximum Gasteiger partial charge on any atom is 0.251 e. The molecule has 0 aliphatic carbocycles. The van der Waals surface area contributed by atoms with Gasteiger partial charge in [0.1, 0.15) is 0 Å². The molecule has 1 heterocycles. The fraction of sp³-hybridized carbons (Fsp3) is 0.579. The predicted octanol–water partition coefficient (Wildman–Crippen LogP) is 2.04. The molecule has 144 valence electrons. The van der Waals surface area contributed by atoms with Crippen LogP contribution in [0.25, 0.3) is 0 Å². The van der Waals surface area contributed by atoms with Gasteiger partial charge >= 0.3 is 0 Å². The van der Waals surface area contributed by atoms with Gasteiger partial charge in [-0.05, 0) is 30.2 Å². The Morgan fingerprint density at radius 2 is 1.81 bits per heavy atom. The Hall–Kier alpha value is -1.44. The van der Waals surface area contributed by atoms with Crippen LogP contribution in [0.5, 0.6) is 0 Å². The molecule has 1 aromatic rings. The molecule has 0 bridgehead atoms. The third-order valence-corrected chi connectivity index (χ3v) is 5.07. The molecule has 6 nitrogen and oxygen atoms in total. The normalized spacial score (nSPS) is 16.3. The van der Waals surface area contributed by atoms with Crippen molar-refractivity contribution in [1.29, 1.82) is 0 Å². The zero-order valence-corrected chi connectivity index (χ0v) is 17.0. The molecular weight excluding hydrogens is 398 g/mol. The number of carbonyl (C=O) groups is 2. The van der Waals surface area contributed by atoms with Gasteiger partial charge in [-0.2, -0.15) is 0 Å². The molecule has 0 aromatic heterocycles. The number of nitrogens with one attached hydrogen (secondary N) is 2. The highest BCUT2D eigenvalue weighted by atomic mass is 79.9. The molecule has 26 heavy (non-hydrogen) atoms. The van der Waals surface area contributed by atoms with E-state index in [9.17, 15) is 9.59 Å². The van der Waals surface area contributed by atoms with E-state index in [1.54, 1.807) is 12.1 Å². The Kier molecular flexibility index (Phi) is 8.54. The van der Waals surface area contributed by atoms with Crippen molar-refractivity contribution < 1.29 is 14.3 Å². The summed E-state index contributed by atoms with van der Waals surface area (Å²) >= 11 is 3.34. The van der Waals surface area contributed by atoms with Gasteiger partial charge in [0.2, 0.25) is 5.91 Å². The molecule has 1 aromatic carbocycles. The Bertz CT molecular complexity index is 586. The molecular formula is C19H28BrN3O3. The number of rotatable bonds is 8. The summed E-state index contributed by atoms with van der Waals surface area (Å²) in [6.07, 6.45) is 0.274. The number of ether oxygens (including phenoxy) is 1. The largest absolute Gasteiger partial charge is 0.379 e. The van der Waals surface area contributed by atoms with E-state index in [0.717, 1.165) is 30.8 Å². The Morgan fingerprint density at radius 1 is 1.15 bits per heavy atom. The third kappa shape index (κ3) is 6.70. The first-order chi connectivity index (χ1) is 12.5. The zero-order chi connectivity index (χ0) is 18.9. The predicted molar refractivity (Wildman–Crippen MR) is 105 cm³/mol. The molecule has 1 aliphatic heterocycles. The number of hydrogen-bond donors (Lipinski definition) is 2. The average Bonchev–Trinajstić information content (AvgIpc) is 2.63. The first-order valence-corrected chi connectivity index (χ1v) is 9.89. The smallest absolute Gasteiger partial charge is 0.251 e. The number of nitrogens with zero attached hydrogens (tertiary/aromatic N) is 1. The van der Waals surface area contributed by atoms with E-state index in [1.807, 2.05) is 12.1 Å². The van der Waals surface area contributed by atoms with E-state index >= 15 is 0 Å². The molecule has 1 aliphatic rings. The summed E-state index contributed by atoms with van der Waals surface area (Å²) in [6.45, 7) is 8.60. The van der Waals surface area contributed by atoms with E-state index in [-0.39, 0.29) is 18.2 Å². The molecule has 1 fully saturated rings. The van der Waals surface area contributed by atoms with E-state index in [4.69, 9.17) is 4.74 Å². The van der Waals surface area contributed by atoms with Crippen molar-refractivity contribution in [2.45, 2.75) is 26.3 Å². The summed E-state index contributed by atoms with van der Waals surface area (Å²) in [5.41, 5.74) is 0.584. The molecule has 1 atom stereocenters. The highest BCUT2D eigenvalue weighted by Crippen LogP contribution is 2.12. The monoisotopic (exact) mass is 425 g/mol. The van der Waals surface area contributed by atoms with Crippen LogP contribution in [0, 0.1) is 5.92 Å². The molecule has 0 saturated carbocycles. The Labute approximate surface area is 163 Å². The second kappa shape index (κ2) is 10.6. The lowest BCUT2D eigenvalue weighted by Crippen LogP contribution is -2.51. The van der Waals surface area contributed by atoms with Crippen LogP contribution in [-0.4, -0.2) is 62.1 Å². The lowest BCUT2D eigenvalue weighted by molar-refractivity contribution is -0.121. The lowest BCUT2D eigenvalue weighted by atomic mass is 10.0. The highest BCUT2D eigenvalue weighted by molar-refractivity contribution is 9.10. The molecule has 0 unspecified atom stereocenters. The van der Waals surface area contributed by atoms with Crippen molar-refractivity contribution in [2.24, 2.45) is 5.92 Å². The zero-order valence-electron chi connectivity index (χ0n) is 15.5. The van der Waals surface area contributed by atoms with Crippen LogP contribution in [0.2, 0.25) is 0 Å². The number of amides is 2. The van der Waals surface area contributed by atoms with Gasteiger partial charge in [0, 0.05) is 48.7 Å². The van der Waals surface area contributed by atoms with Gasteiger partial charge in [-0.3, -0.25) is 14.5 Å². The van der Waals surface area contributed by atoms with Crippen molar-refractivity contribution >= 4 is 27.7 Å². The van der Waals surface area contributed by atoms with E-state index in [2.05, 4.69) is 45.3 Å². The van der Waals surface area contributed by atoms with Gasteiger partial charge < -0.3 is 15.4 Å². The standard InChI is InChI=1S/C19H28BrN3O3/c1-14(2)17(23-9-11-26-12-10-23)13-22-18(24)7-8-21-19(25)15-3-5-16(20)6-4-15/h3-6,14,17H,7-13H2,1-2H3,(H,21,25)(H,22,24)/t17-/m0/s1. The van der Waals surface area contributed by atoms with Crippen LogP contribution in [0.3, 0.4) is 0 Å². The molecule has 2 rings (SSSR count). The summed E-state index contributed by atoms with van der Waals surface area (Å²) in [5.74, 6) is 0.240. The second-order valence-corrected chi connectivity index (χ2v) is 7.69. The number of morpholine rings is 1. The number of halogens is 1. The first-order valence-electron chi connectivity index (χ1n) is 9.09. The minimum atomic E-state index is -0.168. The van der Waals surface area contributed by atoms with Crippen LogP contribution in [0.15, 0.2) is 28.7 Å². The summed E-state index contributed by atoms with van der Waals surface area (Å²) in [7, 11) is 0. The maximum absolute atomic E-state index is 12.1. The fourth-order valence-electron chi connectivity index (χ4n) is 3.00. The van der Waals surface area contributed by atoms with E-state index < -0.39 is 0 Å². The van der Waals surface area contributed by atoms with Crippen molar-refractivity contribution in [3.05, 3.63) is 34.3 Å². The number of hydrogen-bond acceptors (Lipinski definition) is 4. The summed E-state index contributed by atoms with van der Waals surface area (Å²) in [4.78, 5) is 26.5. The van der Waals surface area contributed by atoms with Gasteiger partial charge in [-0.15, -0.1) is 0 Å². The van der Waals surface area contributed by atoms with Gasteiger partial charge in [0.05, 0.1) is 13.2 Å². The van der Waals surface area contributed by atoms with Crippen molar-refractivity contribution in [2.75, 3.05) is 39.4 Å². The Balaban J connectivity index is 1.70. The fourth-order valence-corrected chi connectivity index (χ4v) is 3.26. The number of benzene rings is 1. The minimum absolute atomic E-state index is 0.0417. The second-order valence-electron chi connectivity index (χ2n) is 6.78. The topological polar surface area (TPSA) is 70.7 Å².